The van der Waals surface area contributed by atoms with Gasteiger partial charge in [-0.05, 0) is 38.6 Å². The van der Waals surface area contributed by atoms with E-state index in [1.165, 1.54) is 50.8 Å². The van der Waals surface area contributed by atoms with Gasteiger partial charge in [-0.3, -0.25) is 9.58 Å². The minimum atomic E-state index is 0.704. The molecule has 20 heavy (non-hydrogen) atoms. The number of rotatable bonds is 7. The topological polar surface area (TPSA) is 33.1 Å². The molecule has 4 nitrogen and oxygen atoms in total. The van der Waals surface area contributed by atoms with Gasteiger partial charge in [0, 0.05) is 43.5 Å². The molecular weight excluding hydrogens is 248 g/mol. The predicted molar refractivity (Wildman–Crippen MR) is 81.6 cm³/mol. The maximum absolute atomic E-state index is 4.46. The van der Waals surface area contributed by atoms with Crippen molar-refractivity contribution in [1.29, 1.82) is 0 Å². The standard InChI is InChI=1S/C16H28N4/c1-2-9-20-12-14(10-18-20)11-19(16-6-7-16)13-15-5-3-4-8-17-15/h10,12,15-17H,2-9,11,13H2,1H3. The normalized spacial score (nSPS) is 23.4. The molecule has 2 fully saturated rings. The molecule has 0 spiro atoms. The quantitative estimate of drug-likeness (QED) is 0.830. The lowest BCUT2D eigenvalue weighted by Gasteiger charge is -2.30. The van der Waals surface area contributed by atoms with E-state index in [2.05, 4.69) is 39.3 Å². The van der Waals surface area contributed by atoms with Crippen molar-refractivity contribution in [2.24, 2.45) is 0 Å². The number of hydrogen-bond donors (Lipinski definition) is 1. The van der Waals surface area contributed by atoms with Crippen molar-refractivity contribution in [3.8, 4) is 0 Å². The Morgan fingerprint density at radius 2 is 2.25 bits per heavy atom. The van der Waals surface area contributed by atoms with Crippen LogP contribution in [0, 0.1) is 0 Å². The molecule has 1 aliphatic heterocycles. The van der Waals surface area contributed by atoms with Crippen LogP contribution in [-0.2, 0) is 13.1 Å². The smallest absolute Gasteiger partial charge is 0.0534 e. The van der Waals surface area contributed by atoms with Gasteiger partial charge in [0.2, 0.25) is 0 Å². The zero-order valence-corrected chi connectivity index (χ0v) is 12.7. The molecule has 2 heterocycles. The van der Waals surface area contributed by atoms with E-state index >= 15 is 0 Å². The van der Waals surface area contributed by atoms with E-state index < -0.39 is 0 Å². The molecule has 0 amide bonds. The van der Waals surface area contributed by atoms with Crippen molar-refractivity contribution in [2.75, 3.05) is 13.1 Å². The molecule has 1 aromatic rings. The molecule has 1 unspecified atom stereocenters. The summed E-state index contributed by atoms with van der Waals surface area (Å²) in [6.07, 6.45) is 12.3. The largest absolute Gasteiger partial charge is 0.313 e. The highest BCUT2D eigenvalue weighted by molar-refractivity contribution is 5.05. The summed E-state index contributed by atoms with van der Waals surface area (Å²) in [5, 5.41) is 8.14. The average molecular weight is 276 g/mol. The third-order valence-corrected chi connectivity index (χ3v) is 4.46. The molecule has 1 aliphatic carbocycles. The molecule has 0 bridgehead atoms. The van der Waals surface area contributed by atoms with Crippen molar-refractivity contribution < 1.29 is 0 Å². The van der Waals surface area contributed by atoms with E-state index in [-0.39, 0.29) is 0 Å². The van der Waals surface area contributed by atoms with Crippen LogP contribution in [0.15, 0.2) is 12.4 Å². The first-order valence-electron chi connectivity index (χ1n) is 8.34. The fourth-order valence-electron chi connectivity index (χ4n) is 3.22. The van der Waals surface area contributed by atoms with E-state index in [0.29, 0.717) is 6.04 Å². The highest BCUT2D eigenvalue weighted by Crippen LogP contribution is 2.29. The van der Waals surface area contributed by atoms with Crippen molar-refractivity contribution in [2.45, 2.75) is 70.6 Å². The summed E-state index contributed by atoms with van der Waals surface area (Å²) in [6, 6.07) is 1.53. The van der Waals surface area contributed by atoms with Gasteiger partial charge < -0.3 is 5.32 Å². The number of aromatic nitrogens is 2. The van der Waals surface area contributed by atoms with Gasteiger partial charge in [0.05, 0.1) is 6.20 Å². The van der Waals surface area contributed by atoms with Gasteiger partial charge in [0.1, 0.15) is 0 Å². The first kappa shape index (κ1) is 14.1. The number of piperidine rings is 1. The summed E-state index contributed by atoms with van der Waals surface area (Å²) in [6.45, 7) is 6.73. The fraction of sp³-hybridized carbons (Fsp3) is 0.812. The second-order valence-corrected chi connectivity index (χ2v) is 6.42. The lowest BCUT2D eigenvalue weighted by molar-refractivity contribution is 0.208. The van der Waals surface area contributed by atoms with Crippen LogP contribution in [-0.4, -0.2) is 39.9 Å². The molecule has 4 heteroatoms. The lowest BCUT2D eigenvalue weighted by Crippen LogP contribution is -2.44. The third-order valence-electron chi connectivity index (χ3n) is 4.46. The van der Waals surface area contributed by atoms with Gasteiger partial charge >= 0.3 is 0 Å². The van der Waals surface area contributed by atoms with Crippen LogP contribution in [0.25, 0.3) is 0 Å². The second-order valence-electron chi connectivity index (χ2n) is 6.42. The Kier molecular flexibility index (Phi) is 4.73. The number of nitrogens with one attached hydrogen (secondary N) is 1. The summed E-state index contributed by atoms with van der Waals surface area (Å²) in [5.41, 5.74) is 1.38. The Labute approximate surface area is 122 Å². The van der Waals surface area contributed by atoms with E-state index in [1.54, 1.807) is 0 Å². The first-order valence-corrected chi connectivity index (χ1v) is 8.34. The zero-order valence-electron chi connectivity index (χ0n) is 12.7. The Morgan fingerprint density at radius 3 is 2.95 bits per heavy atom. The van der Waals surface area contributed by atoms with Crippen LogP contribution >= 0.6 is 0 Å². The van der Waals surface area contributed by atoms with Crippen molar-refractivity contribution in [1.82, 2.24) is 20.0 Å². The first-order chi connectivity index (χ1) is 9.85. The molecular formula is C16H28N4. The molecule has 1 atom stereocenters. The van der Waals surface area contributed by atoms with Gasteiger partial charge in [-0.25, -0.2) is 0 Å². The van der Waals surface area contributed by atoms with Crippen molar-refractivity contribution in [3.05, 3.63) is 18.0 Å². The fourth-order valence-corrected chi connectivity index (χ4v) is 3.22. The highest BCUT2D eigenvalue weighted by atomic mass is 15.3. The highest BCUT2D eigenvalue weighted by Gasteiger charge is 2.31. The molecule has 1 saturated carbocycles. The minimum Gasteiger partial charge on any atom is -0.313 e. The summed E-state index contributed by atoms with van der Waals surface area (Å²) < 4.78 is 2.08. The van der Waals surface area contributed by atoms with Crippen LogP contribution in [0.3, 0.4) is 0 Å². The van der Waals surface area contributed by atoms with Crippen LogP contribution in [0.1, 0.15) is 51.0 Å². The molecule has 3 rings (SSSR count). The Hall–Kier alpha value is -0.870. The predicted octanol–water partition coefficient (Wildman–Crippen LogP) is 2.40. The van der Waals surface area contributed by atoms with Crippen LogP contribution in [0.5, 0.6) is 0 Å². The van der Waals surface area contributed by atoms with Gasteiger partial charge in [-0.1, -0.05) is 13.3 Å². The SMILES string of the molecule is CCCn1cc(CN(CC2CCCCN2)C2CC2)cn1. The molecule has 1 aromatic heterocycles. The summed E-state index contributed by atoms with van der Waals surface area (Å²) in [4.78, 5) is 2.68. The summed E-state index contributed by atoms with van der Waals surface area (Å²) in [5.74, 6) is 0. The average Bonchev–Trinajstić information content (AvgIpc) is 3.22. The molecule has 1 N–H and O–H groups in total. The summed E-state index contributed by atoms with van der Waals surface area (Å²) in [7, 11) is 0. The van der Waals surface area contributed by atoms with Gasteiger partial charge in [-0.15, -0.1) is 0 Å². The maximum Gasteiger partial charge on any atom is 0.0534 e. The van der Waals surface area contributed by atoms with Crippen LogP contribution in [0.2, 0.25) is 0 Å². The number of nitrogens with zero attached hydrogens (tertiary/aromatic N) is 3. The second kappa shape index (κ2) is 6.72. The van der Waals surface area contributed by atoms with Crippen molar-refractivity contribution in [3.63, 3.8) is 0 Å². The maximum atomic E-state index is 4.46. The van der Waals surface area contributed by atoms with Crippen molar-refractivity contribution >= 4 is 0 Å². The Bertz CT molecular complexity index is 404. The molecule has 1 saturated heterocycles. The van der Waals surface area contributed by atoms with Gasteiger partial charge in [0.15, 0.2) is 0 Å². The molecule has 0 radical (unpaired) electrons. The summed E-state index contributed by atoms with van der Waals surface area (Å²) >= 11 is 0. The number of hydrogen-bond acceptors (Lipinski definition) is 3. The third kappa shape index (κ3) is 3.83. The van der Waals surface area contributed by atoms with E-state index in [9.17, 15) is 0 Å². The van der Waals surface area contributed by atoms with E-state index in [0.717, 1.165) is 25.6 Å². The van der Waals surface area contributed by atoms with E-state index in [4.69, 9.17) is 0 Å². The number of aryl methyl sites for hydroxylation is 1. The molecule has 2 aliphatic rings. The Morgan fingerprint density at radius 1 is 1.35 bits per heavy atom. The van der Waals surface area contributed by atoms with Gasteiger partial charge in [-0.2, -0.15) is 5.10 Å². The van der Waals surface area contributed by atoms with Crippen LogP contribution in [0.4, 0.5) is 0 Å². The Balaban J connectivity index is 1.55. The zero-order chi connectivity index (χ0) is 13.8. The monoisotopic (exact) mass is 276 g/mol. The lowest BCUT2D eigenvalue weighted by atomic mass is 10.0. The minimum absolute atomic E-state index is 0.704. The molecule has 0 aromatic carbocycles. The van der Waals surface area contributed by atoms with Crippen LogP contribution < -0.4 is 5.32 Å². The van der Waals surface area contributed by atoms with Gasteiger partial charge in [0.25, 0.3) is 0 Å². The molecule has 112 valence electrons. The van der Waals surface area contributed by atoms with E-state index in [1.807, 2.05) is 0 Å².